The molecule has 1 aliphatic heterocycles. The lowest BCUT2D eigenvalue weighted by molar-refractivity contribution is -0.302. The third-order valence-corrected chi connectivity index (χ3v) is 8.58. The van der Waals surface area contributed by atoms with E-state index in [4.69, 9.17) is 9.47 Å². The molecule has 9 heteroatoms. The summed E-state index contributed by atoms with van der Waals surface area (Å²) >= 11 is 0. The van der Waals surface area contributed by atoms with Crippen molar-refractivity contribution in [2.45, 2.75) is 172 Å². The first-order valence-corrected chi connectivity index (χ1v) is 19.0. The van der Waals surface area contributed by atoms with Crippen LogP contribution in [-0.4, -0.2) is 87.5 Å². The molecule has 0 aromatic rings. The van der Waals surface area contributed by atoms with Crippen molar-refractivity contribution in [1.29, 1.82) is 0 Å². The number of carbonyl (C=O) groups is 1. The molecule has 7 atom stereocenters. The van der Waals surface area contributed by atoms with Crippen molar-refractivity contribution in [2.75, 3.05) is 13.2 Å². The predicted molar refractivity (Wildman–Crippen MR) is 198 cm³/mol. The molecule has 0 aromatic carbocycles. The van der Waals surface area contributed by atoms with E-state index in [0.717, 1.165) is 64.2 Å². The van der Waals surface area contributed by atoms with E-state index in [1.165, 1.54) is 44.9 Å². The molecule has 0 aromatic heterocycles. The Morgan fingerprint density at radius 3 is 1.84 bits per heavy atom. The summed E-state index contributed by atoms with van der Waals surface area (Å²) in [4.78, 5) is 12.7. The smallest absolute Gasteiger partial charge is 0.220 e. The van der Waals surface area contributed by atoms with Gasteiger partial charge in [-0.05, 0) is 51.4 Å². The van der Waals surface area contributed by atoms with Gasteiger partial charge in [-0.15, -0.1) is 0 Å². The van der Waals surface area contributed by atoms with Crippen molar-refractivity contribution in [3.63, 3.8) is 0 Å². The molecule has 0 radical (unpaired) electrons. The zero-order valence-corrected chi connectivity index (χ0v) is 30.4. The Morgan fingerprint density at radius 2 is 1.27 bits per heavy atom. The Bertz CT molecular complexity index is 947. The zero-order chi connectivity index (χ0) is 36.0. The van der Waals surface area contributed by atoms with E-state index in [0.29, 0.717) is 6.42 Å². The Labute approximate surface area is 296 Å². The van der Waals surface area contributed by atoms with Gasteiger partial charge in [-0.1, -0.05) is 132 Å². The summed E-state index contributed by atoms with van der Waals surface area (Å²) in [6, 6.07) is -0.804. The molecule has 1 heterocycles. The van der Waals surface area contributed by atoms with Gasteiger partial charge in [0.05, 0.1) is 25.4 Å². The van der Waals surface area contributed by atoms with E-state index in [1.807, 2.05) is 13.0 Å². The number of rotatable bonds is 29. The van der Waals surface area contributed by atoms with Crippen molar-refractivity contribution in [3.05, 3.63) is 60.8 Å². The van der Waals surface area contributed by atoms with E-state index in [2.05, 4.69) is 60.8 Å². The summed E-state index contributed by atoms with van der Waals surface area (Å²) in [6.45, 7) is 3.41. The second kappa shape index (κ2) is 30.7. The molecule has 6 N–H and O–H groups in total. The Hall–Kier alpha value is -2.11. The van der Waals surface area contributed by atoms with Crippen LogP contribution in [0.5, 0.6) is 0 Å². The fraction of sp³-hybridized carbons (Fsp3) is 0.725. The van der Waals surface area contributed by atoms with E-state index in [9.17, 15) is 30.3 Å². The van der Waals surface area contributed by atoms with Gasteiger partial charge in [-0.3, -0.25) is 4.79 Å². The van der Waals surface area contributed by atoms with Crippen LogP contribution in [0.4, 0.5) is 0 Å². The topological polar surface area (TPSA) is 149 Å². The lowest BCUT2D eigenvalue weighted by atomic mass is 9.99. The van der Waals surface area contributed by atoms with Crippen LogP contribution in [0.3, 0.4) is 0 Å². The van der Waals surface area contributed by atoms with Crippen molar-refractivity contribution in [2.24, 2.45) is 0 Å². The first-order chi connectivity index (χ1) is 23.8. The molecule has 1 fully saturated rings. The minimum Gasteiger partial charge on any atom is -0.394 e. The maximum absolute atomic E-state index is 12.7. The van der Waals surface area contributed by atoms with Gasteiger partial charge in [0.1, 0.15) is 24.4 Å². The monoisotopic (exact) mass is 692 g/mol. The Kier molecular flexibility index (Phi) is 28.1. The average Bonchev–Trinajstić information content (AvgIpc) is 3.10. The van der Waals surface area contributed by atoms with Gasteiger partial charge in [-0.2, -0.15) is 0 Å². The number of aliphatic hydroxyl groups is 5. The van der Waals surface area contributed by atoms with Crippen LogP contribution < -0.4 is 5.32 Å². The molecule has 1 rings (SSSR count). The number of hydrogen-bond acceptors (Lipinski definition) is 8. The summed E-state index contributed by atoms with van der Waals surface area (Å²) < 4.78 is 11.0. The molecule has 282 valence electrons. The first kappa shape index (κ1) is 44.9. The van der Waals surface area contributed by atoms with Crippen LogP contribution in [0, 0.1) is 0 Å². The van der Waals surface area contributed by atoms with E-state index < -0.39 is 49.5 Å². The highest BCUT2D eigenvalue weighted by molar-refractivity contribution is 5.76. The molecule has 0 saturated carbocycles. The van der Waals surface area contributed by atoms with Crippen LogP contribution in [-0.2, 0) is 14.3 Å². The van der Waals surface area contributed by atoms with Gasteiger partial charge in [-0.25, -0.2) is 0 Å². The van der Waals surface area contributed by atoms with Gasteiger partial charge < -0.3 is 40.3 Å². The third-order valence-electron chi connectivity index (χ3n) is 8.58. The molecule has 7 unspecified atom stereocenters. The molecule has 1 saturated heterocycles. The number of ether oxygens (including phenoxy) is 2. The van der Waals surface area contributed by atoms with Crippen LogP contribution in [0.25, 0.3) is 0 Å². The number of allylic oxidation sites excluding steroid dienone is 9. The maximum Gasteiger partial charge on any atom is 0.220 e. The standard InChI is InChI=1S/C40H69NO8/c1-3-5-7-8-9-10-11-12-13-14-15-16-17-18-19-20-21-22-23-24-25-26-28-30-36(44)41-33(34(43)29-27-6-4-2)32-48-40-39(47)38(46)37(45)35(31-42)49-40/h5,7,9-10,12-13,15-16,27,29,33-35,37-40,42-43,45-47H,3-4,6,8,11,14,17-26,28,30-32H2,1-2H3,(H,41,44)/b7-5-,10-9-,13-12-,16-15-,29-27+. The molecule has 1 aliphatic rings. The molecule has 1 amide bonds. The second-order valence-electron chi connectivity index (χ2n) is 13.0. The maximum atomic E-state index is 12.7. The molecule has 49 heavy (non-hydrogen) atoms. The predicted octanol–water partition coefficient (Wildman–Crippen LogP) is 6.49. The Balaban J connectivity index is 2.17. The number of nitrogens with one attached hydrogen (secondary N) is 1. The molecule has 0 bridgehead atoms. The summed E-state index contributed by atoms with van der Waals surface area (Å²) in [5, 5.41) is 53.2. The number of amides is 1. The largest absolute Gasteiger partial charge is 0.394 e. The minimum atomic E-state index is -1.56. The number of aliphatic hydroxyl groups excluding tert-OH is 5. The number of hydrogen-bond donors (Lipinski definition) is 6. The molecule has 0 aliphatic carbocycles. The van der Waals surface area contributed by atoms with Crippen LogP contribution in [0.15, 0.2) is 60.8 Å². The SMILES string of the molecule is CC/C=C\C/C=C\C/C=C\C/C=C\CCCCCCCCCCCCC(=O)NC(COC1OC(CO)C(O)C(O)C1O)C(O)/C=C/CCC. The number of unbranched alkanes of at least 4 members (excludes halogenated alkanes) is 11. The van der Waals surface area contributed by atoms with Gasteiger partial charge in [0, 0.05) is 6.42 Å². The highest BCUT2D eigenvalue weighted by atomic mass is 16.7. The first-order valence-electron chi connectivity index (χ1n) is 19.0. The van der Waals surface area contributed by atoms with Crippen molar-refractivity contribution in [3.8, 4) is 0 Å². The van der Waals surface area contributed by atoms with E-state index >= 15 is 0 Å². The highest BCUT2D eigenvalue weighted by Gasteiger charge is 2.44. The molecular formula is C40H69NO8. The van der Waals surface area contributed by atoms with Crippen LogP contribution >= 0.6 is 0 Å². The highest BCUT2D eigenvalue weighted by Crippen LogP contribution is 2.22. The van der Waals surface area contributed by atoms with Crippen molar-refractivity contribution in [1.82, 2.24) is 5.32 Å². The third kappa shape index (κ3) is 22.4. The van der Waals surface area contributed by atoms with Crippen LogP contribution in [0.1, 0.15) is 129 Å². The lowest BCUT2D eigenvalue weighted by Crippen LogP contribution is -2.60. The minimum absolute atomic E-state index is 0.198. The van der Waals surface area contributed by atoms with Crippen LogP contribution in [0.2, 0.25) is 0 Å². The van der Waals surface area contributed by atoms with Gasteiger partial charge >= 0.3 is 0 Å². The molecule has 0 spiro atoms. The fourth-order valence-electron chi connectivity index (χ4n) is 5.50. The summed E-state index contributed by atoms with van der Waals surface area (Å²) in [6.07, 6.45) is 32.1. The quantitative estimate of drug-likeness (QED) is 0.0385. The molecule has 9 nitrogen and oxygen atoms in total. The fourth-order valence-corrected chi connectivity index (χ4v) is 5.50. The van der Waals surface area contributed by atoms with E-state index in [1.54, 1.807) is 6.08 Å². The van der Waals surface area contributed by atoms with Gasteiger partial charge in [0.25, 0.3) is 0 Å². The van der Waals surface area contributed by atoms with Crippen molar-refractivity contribution < 1.29 is 39.8 Å². The second-order valence-corrected chi connectivity index (χ2v) is 13.0. The summed E-state index contributed by atoms with van der Waals surface area (Å²) in [5.74, 6) is -0.199. The normalized spacial score (nSPS) is 23.1. The van der Waals surface area contributed by atoms with Gasteiger partial charge in [0.2, 0.25) is 5.91 Å². The van der Waals surface area contributed by atoms with Gasteiger partial charge in [0.15, 0.2) is 6.29 Å². The van der Waals surface area contributed by atoms with E-state index in [-0.39, 0.29) is 12.5 Å². The molecular weight excluding hydrogens is 622 g/mol. The average molecular weight is 692 g/mol. The summed E-state index contributed by atoms with van der Waals surface area (Å²) in [5.41, 5.74) is 0. The van der Waals surface area contributed by atoms with Crippen molar-refractivity contribution >= 4 is 5.91 Å². The zero-order valence-electron chi connectivity index (χ0n) is 30.4. The lowest BCUT2D eigenvalue weighted by Gasteiger charge is -2.40. The number of carbonyl (C=O) groups excluding carboxylic acids is 1. The Morgan fingerprint density at radius 1 is 0.714 bits per heavy atom. The summed E-state index contributed by atoms with van der Waals surface area (Å²) in [7, 11) is 0.